The van der Waals surface area contributed by atoms with Crippen molar-refractivity contribution in [3.63, 3.8) is 0 Å². The van der Waals surface area contributed by atoms with Crippen LogP contribution in [0, 0.1) is 11.8 Å². The number of phenolic OH excluding ortho intramolecular Hbond substituents is 1. The Kier molecular flexibility index (Phi) is 7.31. The van der Waals surface area contributed by atoms with Gasteiger partial charge in [-0.2, -0.15) is 0 Å². The van der Waals surface area contributed by atoms with E-state index in [2.05, 4.69) is 20.1 Å². The number of rotatable bonds is 4. The standard InChI is InChI=1S/C21H32N4O2.HI/c1-22-21(23-14-17-13-18(27-2)5-6-20(17)26)25-9-7-24(8-10-25)19-12-15-3-4-16(19)11-15;/h5-6,13,15-16,19,26H,3-4,7-12,14H2,1-2H3,(H,22,23);1H. The summed E-state index contributed by atoms with van der Waals surface area (Å²) in [6, 6.07) is 6.13. The second kappa shape index (κ2) is 9.52. The quantitative estimate of drug-likeness (QED) is 0.379. The number of aromatic hydroxyl groups is 1. The summed E-state index contributed by atoms with van der Waals surface area (Å²) in [6.07, 6.45) is 5.81. The fourth-order valence-corrected chi connectivity index (χ4v) is 5.26. The van der Waals surface area contributed by atoms with Gasteiger partial charge in [0, 0.05) is 51.4 Å². The first kappa shape index (κ1) is 21.5. The van der Waals surface area contributed by atoms with Gasteiger partial charge in [-0.05, 0) is 49.3 Å². The molecule has 3 fully saturated rings. The smallest absolute Gasteiger partial charge is 0.194 e. The minimum Gasteiger partial charge on any atom is -0.508 e. The summed E-state index contributed by atoms with van der Waals surface area (Å²) in [5.41, 5.74) is 0.816. The lowest BCUT2D eigenvalue weighted by atomic mass is 9.93. The maximum atomic E-state index is 10.1. The lowest BCUT2D eigenvalue weighted by Gasteiger charge is -2.42. The van der Waals surface area contributed by atoms with E-state index in [0.717, 1.165) is 61.3 Å². The van der Waals surface area contributed by atoms with Gasteiger partial charge < -0.3 is 20.1 Å². The summed E-state index contributed by atoms with van der Waals surface area (Å²) >= 11 is 0. The minimum absolute atomic E-state index is 0. The Hall–Kier alpha value is -1.22. The Morgan fingerprint density at radius 3 is 2.61 bits per heavy atom. The van der Waals surface area contributed by atoms with E-state index in [1.807, 2.05) is 13.1 Å². The zero-order valence-corrected chi connectivity index (χ0v) is 19.3. The molecule has 1 saturated heterocycles. The number of guanidine groups is 1. The Morgan fingerprint density at radius 2 is 2.00 bits per heavy atom. The first-order chi connectivity index (χ1) is 13.2. The highest BCUT2D eigenvalue weighted by molar-refractivity contribution is 14.0. The van der Waals surface area contributed by atoms with E-state index >= 15 is 0 Å². The number of halogens is 1. The van der Waals surface area contributed by atoms with Crippen molar-refractivity contribution in [2.45, 2.75) is 38.3 Å². The van der Waals surface area contributed by atoms with Gasteiger partial charge in [-0.3, -0.25) is 9.89 Å². The van der Waals surface area contributed by atoms with Gasteiger partial charge in [0.15, 0.2) is 5.96 Å². The van der Waals surface area contributed by atoms with Crippen LogP contribution in [0.1, 0.15) is 31.2 Å². The molecule has 0 amide bonds. The van der Waals surface area contributed by atoms with Gasteiger partial charge in [-0.1, -0.05) is 6.42 Å². The third-order valence-electron chi connectivity index (χ3n) is 6.72. The van der Waals surface area contributed by atoms with Crippen LogP contribution in [0.25, 0.3) is 0 Å². The molecule has 3 unspecified atom stereocenters. The number of nitrogens with one attached hydrogen (secondary N) is 1. The van der Waals surface area contributed by atoms with Crippen molar-refractivity contribution in [1.82, 2.24) is 15.1 Å². The lowest BCUT2D eigenvalue weighted by molar-refractivity contribution is 0.0958. The number of phenols is 1. The van der Waals surface area contributed by atoms with E-state index in [4.69, 9.17) is 4.74 Å². The van der Waals surface area contributed by atoms with Crippen molar-refractivity contribution < 1.29 is 9.84 Å². The zero-order valence-electron chi connectivity index (χ0n) is 16.9. The van der Waals surface area contributed by atoms with Crippen molar-refractivity contribution in [3.8, 4) is 11.5 Å². The molecule has 0 radical (unpaired) electrons. The molecule has 0 aromatic heterocycles. The topological polar surface area (TPSA) is 60.3 Å². The normalized spacial score (nSPS) is 27.6. The van der Waals surface area contributed by atoms with Crippen LogP contribution >= 0.6 is 24.0 Å². The molecule has 1 aromatic carbocycles. The monoisotopic (exact) mass is 500 g/mol. The molecule has 2 N–H and O–H groups in total. The SMILES string of the molecule is CN=C(NCc1cc(OC)ccc1O)N1CCN(C2CC3CCC2C3)CC1.I. The predicted octanol–water partition coefficient (Wildman–Crippen LogP) is 2.90. The van der Waals surface area contributed by atoms with Crippen LogP contribution < -0.4 is 10.1 Å². The summed E-state index contributed by atoms with van der Waals surface area (Å²) in [5.74, 6) is 3.89. The molecular weight excluding hydrogens is 467 g/mol. The number of ether oxygens (including phenoxy) is 1. The average molecular weight is 500 g/mol. The highest BCUT2D eigenvalue weighted by Gasteiger charge is 2.42. The third-order valence-corrected chi connectivity index (χ3v) is 6.72. The number of hydrogen-bond donors (Lipinski definition) is 2. The van der Waals surface area contributed by atoms with E-state index in [1.54, 1.807) is 19.2 Å². The molecule has 1 heterocycles. The molecule has 3 atom stereocenters. The van der Waals surface area contributed by atoms with E-state index in [0.29, 0.717) is 6.54 Å². The van der Waals surface area contributed by atoms with Crippen molar-refractivity contribution in [2.75, 3.05) is 40.3 Å². The Morgan fingerprint density at radius 1 is 1.21 bits per heavy atom. The van der Waals surface area contributed by atoms with Gasteiger partial charge >= 0.3 is 0 Å². The number of nitrogens with zero attached hydrogens (tertiary/aromatic N) is 3. The molecule has 6 nitrogen and oxygen atoms in total. The van der Waals surface area contributed by atoms with E-state index in [-0.39, 0.29) is 29.7 Å². The van der Waals surface area contributed by atoms with Crippen LogP contribution in [-0.2, 0) is 6.54 Å². The average Bonchev–Trinajstić information content (AvgIpc) is 3.34. The molecule has 2 aliphatic carbocycles. The number of fused-ring (bicyclic) bond motifs is 2. The fourth-order valence-electron chi connectivity index (χ4n) is 5.26. The van der Waals surface area contributed by atoms with E-state index < -0.39 is 0 Å². The minimum atomic E-state index is 0. The zero-order chi connectivity index (χ0) is 18.8. The van der Waals surface area contributed by atoms with Crippen molar-refractivity contribution in [1.29, 1.82) is 0 Å². The van der Waals surface area contributed by atoms with Crippen molar-refractivity contribution in [2.24, 2.45) is 16.8 Å². The van der Waals surface area contributed by atoms with Gasteiger partial charge in [0.1, 0.15) is 11.5 Å². The van der Waals surface area contributed by atoms with Gasteiger partial charge in [-0.15, -0.1) is 24.0 Å². The molecule has 1 aliphatic heterocycles. The first-order valence-corrected chi connectivity index (χ1v) is 10.2. The van der Waals surface area contributed by atoms with Crippen LogP contribution in [0.2, 0.25) is 0 Å². The maximum Gasteiger partial charge on any atom is 0.194 e. The molecule has 3 aliphatic rings. The van der Waals surface area contributed by atoms with Gasteiger partial charge in [-0.25, -0.2) is 0 Å². The Labute approximate surface area is 185 Å². The highest BCUT2D eigenvalue weighted by atomic mass is 127. The summed E-state index contributed by atoms with van der Waals surface area (Å²) in [6.45, 7) is 4.80. The highest BCUT2D eigenvalue weighted by Crippen LogP contribution is 2.46. The number of hydrogen-bond acceptors (Lipinski definition) is 4. The van der Waals surface area contributed by atoms with Crippen LogP contribution in [0.5, 0.6) is 11.5 Å². The Balaban J connectivity index is 0.00000225. The van der Waals surface area contributed by atoms with Crippen molar-refractivity contribution in [3.05, 3.63) is 23.8 Å². The number of methoxy groups -OCH3 is 1. The van der Waals surface area contributed by atoms with Crippen LogP contribution in [0.15, 0.2) is 23.2 Å². The van der Waals surface area contributed by atoms with Crippen LogP contribution in [-0.4, -0.2) is 67.2 Å². The first-order valence-electron chi connectivity index (χ1n) is 10.2. The molecule has 28 heavy (non-hydrogen) atoms. The second-order valence-corrected chi connectivity index (χ2v) is 8.16. The predicted molar refractivity (Wildman–Crippen MR) is 123 cm³/mol. The molecule has 4 rings (SSSR count). The van der Waals surface area contributed by atoms with Crippen molar-refractivity contribution >= 4 is 29.9 Å². The maximum absolute atomic E-state index is 10.1. The van der Waals surface area contributed by atoms with E-state index in [1.165, 1.54) is 25.7 Å². The molecular formula is C21H33IN4O2. The fraction of sp³-hybridized carbons (Fsp3) is 0.667. The second-order valence-electron chi connectivity index (χ2n) is 8.16. The summed E-state index contributed by atoms with van der Waals surface area (Å²) in [4.78, 5) is 9.52. The number of benzene rings is 1. The molecule has 2 saturated carbocycles. The van der Waals surface area contributed by atoms with E-state index in [9.17, 15) is 5.11 Å². The third kappa shape index (κ3) is 4.50. The summed E-state index contributed by atoms with van der Waals surface area (Å²) in [5, 5.41) is 13.5. The van der Waals surface area contributed by atoms with Crippen LogP contribution in [0.3, 0.4) is 0 Å². The number of aliphatic imine (C=N–C) groups is 1. The molecule has 2 bridgehead atoms. The molecule has 0 spiro atoms. The lowest BCUT2D eigenvalue weighted by Crippen LogP contribution is -2.55. The summed E-state index contributed by atoms with van der Waals surface area (Å²) in [7, 11) is 3.47. The summed E-state index contributed by atoms with van der Waals surface area (Å²) < 4.78 is 5.26. The molecule has 7 heteroatoms. The Bertz CT molecular complexity index is 691. The van der Waals surface area contributed by atoms with Gasteiger partial charge in [0.2, 0.25) is 0 Å². The van der Waals surface area contributed by atoms with Crippen LogP contribution in [0.4, 0.5) is 0 Å². The number of piperazine rings is 1. The van der Waals surface area contributed by atoms with Gasteiger partial charge in [0.25, 0.3) is 0 Å². The van der Waals surface area contributed by atoms with Gasteiger partial charge in [0.05, 0.1) is 7.11 Å². The molecule has 156 valence electrons. The largest absolute Gasteiger partial charge is 0.508 e. The molecule has 1 aromatic rings.